The molecular weight excluding hydrogens is 354 g/mol. The van der Waals surface area contributed by atoms with E-state index < -0.39 is 0 Å². The first-order valence-electron chi connectivity index (χ1n) is 9.79. The number of piperidine rings is 1. The fourth-order valence-electron chi connectivity index (χ4n) is 4.31. The van der Waals surface area contributed by atoms with Gasteiger partial charge in [0.15, 0.2) is 11.5 Å². The molecule has 1 aliphatic heterocycles. The SMILES string of the molecule is COc1cccc(C[C@@]2(CO)CCCN(Cc3cccc(OC)c3OC)C2)c1. The Bertz CT molecular complexity index is 779. The fourth-order valence-corrected chi connectivity index (χ4v) is 4.31. The summed E-state index contributed by atoms with van der Waals surface area (Å²) in [5.41, 5.74) is 2.17. The first kappa shape index (κ1) is 20.5. The van der Waals surface area contributed by atoms with Gasteiger partial charge in [-0.3, -0.25) is 4.90 Å². The third kappa shape index (κ3) is 4.59. The van der Waals surface area contributed by atoms with Crippen LogP contribution in [0.4, 0.5) is 0 Å². The lowest BCUT2D eigenvalue weighted by atomic mass is 9.75. The molecule has 28 heavy (non-hydrogen) atoms. The number of benzene rings is 2. The number of para-hydroxylation sites is 1. The lowest BCUT2D eigenvalue weighted by molar-refractivity contribution is 0.0285. The van der Waals surface area contributed by atoms with Crippen LogP contribution in [0.25, 0.3) is 0 Å². The summed E-state index contributed by atoms with van der Waals surface area (Å²) in [5, 5.41) is 10.3. The van der Waals surface area contributed by atoms with Gasteiger partial charge in [0.05, 0.1) is 27.9 Å². The van der Waals surface area contributed by atoms with Crippen LogP contribution >= 0.6 is 0 Å². The zero-order valence-electron chi connectivity index (χ0n) is 17.1. The number of hydrogen-bond acceptors (Lipinski definition) is 5. The van der Waals surface area contributed by atoms with E-state index in [0.29, 0.717) is 0 Å². The van der Waals surface area contributed by atoms with Crippen LogP contribution in [-0.2, 0) is 13.0 Å². The van der Waals surface area contributed by atoms with E-state index in [9.17, 15) is 5.11 Å². The van der Waals surface area contributed by atoms with Gasteiger partial charge in [0, 0.05) is 24.1 Å². The number of rotatable bonds is 8. The molecule has 3 rings (SSSR count). The molecule has 0 radical (unpaired) electrons. The molecule has 2 aromatic rings. The Hall–Kier alpha value is -2.24. The molecule has 1 atom stereocenters. The molecule has 1 N–H and O–H groups in total. The van der Waals surface area contributed by atoms with Crippen molar-refractivity contribution < 1.29 is 19.3 Å². The van der Waals surface area contributed by atoms with Gasteiger partial charge < -0.3 is 19.3 Å². The normalized spacial score (nSPS) is 20.0. The highest BCUT2D eigenvalue weighted by Gasteiger charge is 2.35. The van der Waals surface area contributed by atoms with Crippen LogP contribution in [0.2, 0.25) is 0 Å². The van der Waals surface area contributed by atoms with Gasteiger partial charge in [-0.05, 0) is 49.6 Å². The minimum Gasteiger partial charge on any atom is -0.497 e. The van der Waals surface area contributed by atoms with E-state index in [0.717, 1.165) is 61.7 Å². The lowest BCUT2D eigenvalue weighted by Gasteiger charge is -2.42. The smallest absolute Gasteiger partial charge is 0.165 e. The van der Waals surface area contributed by atoms with E-state index in [1.165, 1.54) is 5.56 Å². The van der Waals surface area contributed by atoms with Crippen LogP contribution in [0, 0.1) is 5.41 Å². The van der Waals surface area contributed by atoms with Crippen molar-refractivity contribution in [1.82, 2.24) is 4.90 Å². The summed E-state index contributed by atoms with van der Waals surface area (Å²) < 4.78 is 16.4. The van der Waals surface area contributed by atoms with E-state index in [1.54, 1.807) is 21.3 Å². The van der Waals surface area contributed by atoms with E-state index in [-0.39, 0.29) is 12.0 Å². The van der Waals surface area contributed by atoms with Gasteiger partial charge in [0.1, 0.15) is 5.75 Å². The van der Waals surface area contributed by atoms with Gasteiger partial charge in [-0.15, -0.1) is 0 Å². The Morgan fingerprint density at radius 2 is 1.86 bits per heavy atom. The molecule has 0 bridgehead atoms. The predicted octanol–water partition coefficient (Wildman–Crippen LogP) is 3.53. The van der Waals surface area contributed by atoms with Crippen molar-refractivity contribution in [1.29, 1.82) is 0 Å². The second-order valence-corrected chi connectivity index (χ2v) is 7.65. The summed E-state index contributed by atoms with van der Waals surface area (Å²) in [6.45, 7) is 2.82. The standard InChI is InChI=1S/C23H31NO4/c1-26-20-9-4-7-18(13-20)14-23(17-25)11-6-12-24(16-23)15-19-8-5-10-21(27-2)22(19)28-3/h4-5,7-10,13,25H,6,11-12,14-17H2,1-3H3/t23-/m0/s1. The average Bonchev–Trinajstić information content (AvgIpc) is 2.73. The Kier molecular flexibility index (Phi) is 6.81. The predicted molar refractivity (Wildman–Crippen MR) is 110 cm³/mol. The molecule has 1 heterocycles. The maximum Gasteiger partial charge on any atom is 0.165 e. The van der Waals surface area contributed by atoms with Crippen molar-refractivity contribution in [2.24, 2.45) is 5.41 Å². The summed E-state index contributed by atoms with van der Waals surface area (Å²) in [7, 11) is 5.02. The number of methoxy groups -OCH3 is 3. The molecule has 0 aromatic heterocycles. The largest absolute Gasteiger partial charge is 0.497 e. The molecule has 0 aliphatic carbocycles. The van der Waals surface area contributed by atoms with Crippen LogP contribution in [0.1, 0.15) is 24.0 Å². The van der Waals surface area contributed by atoms with E-state index >= 15 is 0 Å². The third-order valence-electron chi connectivity index (χ3n) is 5.67. The summed E-state index contributed by atoms with van der Waals surface area (Å²) in [6.07, 6.45) is 2.93. The lowest BCUT2D eigenvalue weighted by Crippen LogP contribution is -2.46. The summed E-state index contributed by atoms with van der Waals surface area (Å²) in [5.74, 6) is 2.40. The van der Waals surface area contributed by atoms with Gasteiger partial charge in [-0.25, -0.2) is 0 Å². The minimum absolute atomic E-state index is 0.142. The number of likely N-dealkylation sites (tertiary alicyclic amines) is 1. The first-order chi connectivity index (χ1) is 13.6. The van der Waals surface area contributed by atoms with Crippen LogP contribution in [-0.4, -0.2) is 51.0 Å². The molecule has 1 aliphatic rings. The van der Waals surface area contributed by atoms with Gasteiger partial charge >= 0.3 is 0 Å². The van der Waals surface area contributed by atoms with Crippen LogP contribution in [0.3, 0.4) is 0 Å². The van der Waals surface area contributed by atoms with Crippen LogP contribution in [0.15, 0.2) is 42.5 Å². The van der Waals surface area contributed by atoms with Crippen molar-refractivity contribution in [3.63, 3.8) is 0 Å². The van der Waals surface area contributed by atoms with Gasteiger partial charge in [0.2, 0.25) is 0 Å². The Morgan fingerprint density at radius 1 is 1.04 bits per heavy atom. The summed E-state index contributed by atoms with van der Waals surface area (Å²) >= 11 is 0. The zero-order valence-corrected chi connectivity index (χ0v) is 17.1. The van der Waals surface area contributed by atoms with E-state index in [2.05, 4.69) is 23.1 Å². The number of nitrogens with zero attached hydrogens (tertiary/aromatic N) is 1. The van der Waals surface area contributed by atoms with Crippen molar-refractivity contribution in [2.45, 2.75) is 25.8 Å². The number of hydrogen-bond donors (Lipinski definition) is 1. The molecular formula is C23H31NO4. The molecule has 5 nitrogen and oxygen atoms in total. The molecule has 152 valence electrons. The van der Waals surface area contributed by atoms with E-state index in [4.69, 9.17) is 14.2 Å². The van der Waals surface area contributed by atoms with Crippen molar-refractivity contribution >= 4 is 0 Å². The molecule has 1 saturated heterocycles. The average molecular weight is 386 g/mol. The quantitative estimate of drug-likeness (QED) is 0.753. The second kappa shape index (κ2) is 9.30. The van der Waals surface area contributed by atoms with Crippen molar-refractivity contribution in [3.05, 3.63) is 53.6 Å². The fraction of sp³-hybridized carbons (Fsp3) is 0.478. The molecule has 5 heteroatoms. The topological polar surface area (TPSA) is 51.2 Å². The number of ether oxygens (including phenoxy) is 3. The van der Waals surface area contributed by atoms with Gasteiger partial charge in [-0.2, -0.15) is 0 Å². The number of aliphatic hydroxyl groups excluding tert-OH is 1. The first-order valence-corrected chi connectivity index (χ1v) is 9.79. The highest BCUT2D eigenvalue weighted by atomic mass is 16.5. The highest BCUT2D eigenvalue weighted by molar-refractivity contribution is 5.46. The molecule has 0 saturated carbocycles. The van der Waals surface area contributed by atoms with Crippen LogP contribution in [0.5, 0.6) is 17.2 Å². The molecule has 0 unspecified atom stereocenters. The summed E-state index contributed by atoms with van der Waals surface area (Å²) in [4.78, 5) is 2.41. The van der Waals surface area contributed by atoms with E-state index in [1.807, 2.05) is 24.3 Å². The Morgan fingerprint density at radius 3 is 2.57 bits per heavy atom. The van der Waals surface area contributed by atoms with Crippen molar-refractivity contribution in [2.75, 3.05) is 41.0 Å². The molecule has 0 amide bonds. The second-order valence-electron chi connectivity index (χ2n) is 7.65. The maximum absolute atomic E-state index is 10.3. The van der Waals surface area contributed by atoms with Crippen molar-refractivity contribution in [3.8, 4) is 17.2 Å². The van der Waals surface area contributed by atoms with Gasteiger partial charge in [-0.1, -0.05) is 24.3 Å². The Balaban J connectivity index is 1.76. The third-order valence-corrected chi connectivity index (χ3v) is 5.67. The molecule has 0 spiro atoms. The van der Waals surface area contributed by atoms with Crippen LogP contribution < -0.4 is 14.2 Å². The molecule has 2 aromatic carbocycles. The Labute approximate surface area is 167 Å². The zero-order chi connectivity index (χ0) is 20.0. The number of aliphatic hydroxyl groups is 1. The van der Waals surface area contributed by atoms with Gasteiger partial charge in [0.25, 0.3) is 0 Å². The monoisotopic (exact) mass is 385 g/mol. The molecule has 1 fully saturated rings. The highest BCUT2D eigenvalue weighted by Crippen LogP contribution is 2.37. The minimum atomic E-state index is -0.142. The maximum atomic E-state index is 10.3. The summed E-state index contributed by atoms with van der Waals surface area (Å²) in [6, 6.07) is 14.2.